The van der Waals surface area contributed by atoms with Crippen LogP contribution in [0, 0.1) is 5.92 Å². The molecule has 0 radical (unpaired) electrons. The van der Waals surface area contributed by atoms with Gasteiger partial charge in [-0.25, -0.2) is 0 Å². The van der Waals surface area contributed by atoms with E-state index >= 15 is 0 Å². The molecule has 0 aliphatic heterocycles. The minimum atomic E-state index is -0.554. The largest absolute Gasteiger partial charge is 0.342 e. The molecule has 0 aliphatic carbocycles. The van der Waals surface area contributed by atoms with Gasteiger partial charge >= 0.3 is 0 Å². The molecule has 0 aliphatic rings. The van der Waals surface area contributed by atoms with Gasteiger partial charge < -0.3 is 5.32 Å². The van der Waals surface area contributed by atoms with Crippen LogP contribution in [0.1, 0.15) is 34.6 Å². The minimum Gasteiger partial charge on any atom is -0.342 e. The van der Waals surface area contributed by atoms with Crippen LogP contribution in [0.3, 0.4) is 0 Å². The van der Waals surface area contributed by atoms with Crippen LogP contribution in [0.4, 0.5) is 0 Å². The molecule has 3 heteroatoms. The van der Waals surface area contributed by atoms with Gasteiger partial charge in [-0.2, -0.15) is 0 Å². The molecule has 1 amide bonds. The summed E-state index contributed by atoms with van der Waals surface area (Å²) in [7, 11) is 0. The Hall–Kier alpha value is -2.94. The Balaban J connectivity index is 1.83. The fraction of sp³-hybridized carbons (Fsp3) is 0.182. The third-order valence-corrected chi connectivity index (χ3v) is 4.31. The van der Waals surface area contributed by atoms with E-state index in [4.69, 9.17) is 0 Å². The third kappa shape index (κ3) is 3.77. The van der Waals surface area contributed by atoms with Gasteiger partial charge in [-0.15, -0.1) is 0 Å². The van der Waals surface area contributed by atoms with Crippen LogP contribution < -0.4 is 5.32 Å². The summed E-state index contributed by atoms with van der Waals surface area (Å²) in [5.41, 5.74) is 1.17. The number of nitrogens with one attached hydrogen (secondary N) is 1. The van der Waals surface area contributed by atoms with Crippen molar-refractivity contribution in [3.8, 4) is 0 Å². The normalized spacial score (nSPS) is 12.1. The average Bonchev–Trinajstić information content (AvgIpc) is 2.65. The third-order valence-electron chi connectivity index (χ3n) is 4.31. The maximum absolute atomic E-state index is 12.8. The van der Waals surface area contributed by atoms with E-state index in [1.165, 1.54) is 0 Å². The number of fused-ring (bicyclic) bond motifs is 1. The van der Waals surface area contributed by atoms with Crippen LogP contribution in [0.25, 0.3) is 10.8 Å². The van der Waals surface area contributed by atoms with E-state index in [2.05, 4.69) is 5.32 Å². The van der Waals surface area contributed by atoms with Crippen molar-refractivity contribution < 1.29 is 9.59 Å². The van der Waals surface area contributed by atoms with E-state index in [0.717, 1.165) is 10.8 Å². The lowest BCUT2D eigenvalue weighted by atomic mass is 9.94. The SMILES string of the molecule is CC(C)[C@H](NC(=O)c1ccc2ccccc2c1)C(=O)c1ccccc1. The second-order valence-electron chi connectivity index (χ2n) is 6.49. The summed E-state index contributed by atoms with van der Waals surface area (Å²) in [4.78, 5) is 25.4. The summed E-state index contributed by atoms with van der Waals surface area (Å²) in [6.07, 6.45) is 0. The second kappa shape index (κ2) is 7.31. The maximum Gasteiger partial charge on any atom is 0.251 e. The molecule has 0 saturated heterocycles. The van der Waals surface area contributed by atoms with Crippen molar-refractivity contribution >= 4 is 22.5 Å². The highest BCUT2D eigenvalue weighted by molar-refractivity contribution is 6.05. The van der Waals surface area contributed by atoms with Crippen LogP contribution in [0.15, 0.2) is 72.8 Å². The quantitative estimate of drug-likeness (QED) is 0.701. The molecule has 3 aromatic rings. The molecule has 0 fully saturated rings. The van der Waals surface area contributed by atoms with E-state index in [9.17, 15) is 9.59 Å². The number of Topliss-reactive ketones (excluding diaryl/α,β-unsaturated/α-hetero) is 1. The number of carbonyl (C=O) groups is 2. The molecule has 1 atom stereocenters. The monoisotopic (exact) mass is 331 g/mol. The van der Waals surface area contributed by atoms with Crippen molar-refractivity contribution in [2.24, 2.45) is 5.92 Å². The van der Waals surface area contributed by atoms with Gasteiger partial charge in [0.15, 0.2) is 5.78 Å². The predicted molar refractivity (Wildman–Crippen MR) is 101 cm³/mol. The molecule has 3 nitrogen and oxygen atoms in total. The zero-order chi connectivity index (χ0) is 17.8. The Labute approximate surface area is 147 Å². The van der Waals surface area contributed by atoms with Crippen molar-refractivity contribution in [3.05, 3.63) is 83.9 Å². The molecule has 0 spiro atoms. The Bertz CT molecular complexity index is 900. The van der Waals surface area contributed by atoms with Gasteiger partial charge in [0, 0.05) is 11.1 Å². The zero-order valence-electron chi connectivity index (χ0n) is 14.4. The molecular formula is C22H21NO2. The van der Waals surface area contributed by atoms with E-state index in [0.29, 0.717) is 11.1 Å². The van der Waals surface area contributed by atoms with Crippen LogP contribution in [0.2, 0.25) is 0 Å². The van der Waals surface area contributed by atoms with Gasteiger partial charge in [0.05, 0.1) is 6.04 Å². The summed E-state index contributed by atoms with van der Waals surface area (Å²) >= 11 is 0. The predicted octanol–water partition coefficient (Wildman–Crippen LogP) is 4.48. The number of benzene rings is 3. The first kappa shape index (κ1) is 16.9. The average molecular weight is 331 g/mol. The molecule has 0 aromatic heterocycles. The van der Waals surface area contributed by atoms with E-state index in [-0.39, 0.29) is 17.6 Å². The molecule has 0 saturated carbocycles. The Morgan fingerprint density at radius 1 is 0.760 bits per heavy atom. The lowest BCUT2D eigenvalue weighted by Crippen LogP contribution is -2.44. The zero-order valence-corrected chi connectivity index (χ0v) is 14.4. The lowest BCUT2D eigenvalue weighted by Gasteiger charge is -2.21. The van der Waals surface area contributed by atoms with Crippen molar-refractivity contribution in [1.29, 1.82) is 0 Å². The molecule has 0 bridgehead atoms. The number of ketones is 1. The standard InChI is InChI=1S/C22H21NO2/c1-15(2)20(21(24)17-9-4-3-5-10-17)23-22(25)19-13-12-16-8-6-7-11-18(16)14-19/h3-15,20H,1-2H3,(H,23,25)/t20-/m0/s1. The van der Waals surface area contributed by atoms with Crippen molar-refractivity contribution in [2.45, 2.75) is 19.9 Å². The fourth-order valence-electron chi connectivity index (χ4n) is 2.87. The van der Waals surface area contributed by atoms with Gasteiger partial charge in [-0.3, -0.25) is 9.59 Å². The Morgan fingerprint density at radius 2 is 1.40 bits per heavy atom. The highest BCUT2D eigenvalue weighted by Gasteiger charge is 2.25. The summed E-state index contributed by atoms with van der Waals surface area (Å²) in [5, 5.41) is 5.00. The van der Waals surface area contributed by atoms with Crippen molar-refractivity contribution in [3.63, 3.8) is 0 Å². The number of carbonyl (C=O) groups excluding carboxylic acids is 2. The highest BCUT2D eigenvalue weighted by atomic mass is 16.2. The van der Waals surface area contributed by atoms with E-state index < -0.39 is 6.04 Å². The highest BCUT2D eigenvalue weighted by Crippen LogP contribution is 2.17. The van der Waals surface area contributed by atoms with Gasteiger partial charge in [0.2, 0.25) is 0 Å². The first-order valence-electron chi connectivity index (χ1n) is 8.45. The van der Waals surface area contributed by atoms with E-state index in [1.807, 2.05) is 68.4 Å². The summed E-state index contributed by atoms with van der Waals surface area (Å²) in [6.45, 7) is 3.87. The molecule has 1 N–H and O–H groups in total. The Morgan fingerprint density at radius 3 is 2.08 bits per heavy atom. The van der Waals surface area contributed by atoms with Gasteiger partial charge in [-0.05, 0) is 28.8 Å². The Kier molecular flexibility index (Phi) is 4.94. The molecule has 3 rings (SSSR count). The van der Waals surface area contributed by atoms with Crippen molar-refractivity contribution in [1.82, 2.24) is 5.32 Å². The summed E-state index contributed by atoms with van der Waals surface area (Å²) in [5.74, 6) is -0.296. The fourth-order valence-corrected chi connectivity index (χ4v) is 2.87. The van der Waals surface area contributed by atoms with E-state index in [1.54, 1.807) is 18.2 Å². The van der Waals surface area contributed by atoms with Crippen LogP contribution >= 0.6 is 0 Å². The lowest BCUT2D eigenvalue weighted by molar-refractivity contribution is 0.0831. The number of rotatable bonds is 5. The summed E-state index contributed by atoms with van der Waals surface area (Å²) in [6, 6.07) is 22.0. The van der Waals surface area contributed by atoms with Gasteiger partial charge in [0.1, 0.15) is 0 Å². The second-order valence-corrected chi connectivity index (χ2v) is 6.49. The summed E-state index contributed by atoms with van der Waals surface area (Å²) < 4.78 is 0. The molecular weight excluding hydrogens is 310 g/mol. The van der Waals surface area contributed by atoms with Crippen LogP contribution in [-0.2, 0) is 0 Å². The first-order chi connectivity index (χ1) is 12.1. The molecule has 0 heterocycles. The molecule has 25 heavy (non-hydrogen) atoms. The smallest absolute Gasteiger partial charge is 0.251 e. The van der Waals surface area contributed by atoms with Gasteiger partial charge in [-0.1, -0.05) is 74.5 Å². The van der Waals surface area contributed by atoms with Crippen molar-refractivity contribution in [2.75, 3.05) is 0 Å². The minimum absolute atomic E-state index is 0.00267. The van der Waals surface area contributed by atoms with Gasteiger partial charge in [0.25, 0.3) is 5.91 Å². The number of hydrogen-bond acceptors (Lipinski definition) is 2. The first-order valence-corrected chi connectivity index (χ1v) is 8.45. The van der Waals surface area contributed by atoms with Crippen LogP contribution in [-0.4, -0.2) is 17.7 Å². The molecule has 126 valence electrons. The molecule has 0 unspecified atom stereocenters. The van der Waals surface area contributed by atoms with Crippen LogP contribution in [0.5, 0.6) is 0 Å². The number of hydrogen-bond donors (Lipinski definition) is 1. The topological polar surface area (TPSA) is 46.2 Å². The maximum atomic E-state index is 12.8. The molecule has 3 aromatic carbocycles. The number of amides is 1.